The fraction of sp³-hybridized carbons (Fsp3) is 0.250. The van der Waals surface area contributed by atoms with Gasteiger partial charge in [0, 0.05) is 11.8 Å². The zero-order valence-corrected chi connectivity index (χ0v) is 11.3. The van der Waals surface area contributed by atoms with Crippen molar-refractivity contribution in [1.29, 1.82) is 0 Å². The van der Waals surface area contributed by atoms with Crippen LogP contribution in [0, 0.1) is 0 Å². The second-order valence-electron chi connectivity index (χ2n) is 4.78. The van der Waals surface area contributed by atoms with Crippen LogP contribution in [0.25, 0.3) is 0 Å². The van der Waals surface area contributed by atoms with E-state index in [4.69, 9.17) is 9.47 Å². The van der Waals surface area contributed by atoms with E-state index in [1.165, 1.54) is 14.2 Å². The molecule has 1 aromatic carbocycles. The van der Waals surface area contributed by atoms with Gasteiger partial charge >= 0.3 is 11.9 Å². The number of benzene rings is 1. The molecule has 0 amide bonds. The van der Waals surface area contributed by atoms with Crippen molar-refractivity contribution in [3.05, 3.63) is 58.7 Å². The molecule has 2 atom stereocenters. The molecule has 0 saturated carbocycles. The lowest BCUT2D eigenvalue weighted by molar-refractivity contribution is -0.139. The Morgan fingerprint density at radius 1 is 0.850 bits per heavy atom. The lowest BCUT2D eigenvalue weighted by Crippen LogP contribution is -2.30. The Bertz CT molecular complexity index is 599. The zero-order chi connectivity index (χ0) is 14.3. The second kappa shape index (κ2) is 4.63. The Balaban J connectivity index is 2.22. The number of ether oxygens (including phenoxy) is 2. The summed E-state index contributed by atoms with van der Waals surface area (Å²) in [6, 6.07) is 7.82. The second-order valence-corrected chi connectivity index (χ2v) is 4.78. The third-order valence-corrected chi connectivity index (χ3v) is 3.88. The van der Waals surface area contributed by atoms with Gasteiger partial charge in [-0.2, -0.15) is 0 Å². The number of allylic oxidation sites excluding steroid dienone is 2. The predicted octanol–water partition coefficient (Wildman–Crippen LogP) is 2.08. The van der Waals surface area contributed by atoms with Gasteiger partial charge in [-0.15, -0.1) is 0 Å². The number of hydrogen-bond donors (Lipinski definition) is 0. The van der Waals surface area contributed by atoms with Crippen LogP contribution in [0.5, 0.6) is 0 Å². The van der Waals surface area contributed by atoms with Gasteiger partial charge in [-0.25, -0.2) is 9.59 Å². The van der Waals surface area contributed by atoms with E-state index < -0.39 is 11.9 Å². The average Bonchev–Trinajstić information content (AvgIpc) is 2.53. The first kappa shape index (κ1) is 12.7. The molecule has 1 aromatic rings. The summed E-state index contributed by atoms with van der Waals surface area (Å²) in [7, 11) is 2.64. The molecule has 4 heteroatoms. The van der Waals surface area contributed by atoms with Crippen molar-refractivity contribution >= 4 is 11.9 Å². The lowest BCUT2D eigenvalue weighted by Gasteiger charge is -2.35. The molecule has 4 rings (SSSR count). The van der Waals surface area contributed by atoms with Crippen molar-refractivity contribution in [1.82, 2.24) is 0 Å². The number of rotatable bonds is 2. The van der Waals surface area contributed by atoms with Gasteiger partial charge in [0.2, 0.25) is 0 Å². The minimum atomic E-state index is -0.473. The number of carbonyl (C=O) groups excluding carboxylic acids is 2. The van der Waals surface area contributed by atoms with Crippen LogP contribution in [-0.4, -0.2) is 26.2 Å². The van der Waals surface area contributed by atoms with E-state index in [1.54, 1.807) is 0 Å². The zero-order valence-electron chi connectivity index (χ0n) is 11.3. The Morgan fingerprint density at radius 2 is 1.25 bits per heavy atom. The molecule has 0 unspecified atom stereocenters. The molecule has 20 heavy (non-hydrogen) atoms. The molecule has 0 fully saturated rings. The number of hydrogen-bond acceptors (Lipinski definition) is 4. The summed E-state index contributed by atoms with van der Waals surface area (Å²) < 4.78 is 9.69. The topological polar surface area (TPSA) is 52.6 Å². The Labute approximate surface area is 116 Å². The molecule has 0 aromatic heterocycles. The molecule has 0 heterocycles. The minimum Gasteiger partial charge on any atom is -0.466 e. The third-order valence-electron chi connectivity index (χ3n) is 3.88. The molecule has 3 aliphatic carbocycles. The Kier molecular flexibility index (Phi) is 2.93. The highest BCUT2D eigenvalue weighted by Crippen LogP contribution is 2.49. The lowest BCUT2D eigenvalue weighted by atomic mass is 9.68. The molecule has 0 aliphatic heterocycles. The molecule has 0 radical (unpaired) electrons. The Morgan fingerprint density at radius 3 is 1.60 bits per heavy atom. The van der Waals surface area contributed by atoms with Crippen molar-refractivity contribution in [2.24, 2.45) is 0 Å². The van der Waals surface area contributed by atoms with Crippen molar-refractivity contribution in [3.63, 3.8) is 0 Å². The first-order valence-corrected chi connectivity index (χ1v) is 6.37. The van der Waals surface area contributed by atoms with Crippen LogP contribution in [-0.2, 0) is 19.1 Å². The molecule has 2 bridgehead atoms. The van der Waals surface area contributed by atoms with Crippen molar-refractivity contribution in [2.45, 2.75) is 11.8 Å². The molecular formula is C16H14O4. The highest BCUT2D eigenvalue weighted by molar-refractivity contribution is 6.04. The van der Waals surface area contributed by atoms with Crippen LogP contribution in [0.15, 0.2) is 47.6 Å². The fourth-order valence-electron chi connectivity index (χ4n) is 3.04. The SMILES string of the molecule is COC(=O)C1=C(C(=O)OC)[C@@H]2C=C[C@H]1c1ccccc12. The van der Waals surface area contributed by atoms with E-state index in [9.17, 15) is 9.59 Å². The molecule has 4 nitrogen and oxygen atoms in total. The smallest absolute Gasteiger partial charge is 0.335 e. The standard InChI is InChI=1S/C16H14O4/c1-19-15(17)13-11-7-8-12(14(13)16(18)20-2)10-6-4-3-5-9(10)11/h3-8,11-12H,1-2H3/t11-,12+. The maximum absolute atomic E-state index is 12.1. The summed E-state index contributed by atoms with van der Waals surface area (Å²) in [5, 5.41) is 0. The van der Waals surface area contributed by atoms with Gasteiger partial charge in [-0.1, -0.05) is 36.4 Å². The van der Waals surface area contributed by atoms with E-state index in [2.05, 4.69) is 0 Å². The van der Waals surface area contributed by atoms with Gasteiger partial charge in [-0.3, -0.25) is 0 Å². The quantitative estimate of drug-likeness (QED) is 0.610. The molecule has 0 saturated heterocycles. The summed E-state index contributed by atoms with van der Waals surface area (Å²) in [6.07, 6.45) is 3.90. The summed E-state index contributed by atoms with van der Waals surface area (Å²) in [5.74, 6) is -1.42. The average molecular weight is 270 g/mol. The van der Waals surface area contributed by atoms with Gasteiger partial charge in [-0.05, 0) is 11.1 Å². The van der Waals surface area contributed by atoms with Crippen LogP contribution in [0.4, 0.5) is 0 Å². The highest BCUT2D eigenvalue weighted by Gasteiger charge is 2.42. The van der Waals surface area contributed by atoms with Crippen molar-refractivity contribution in [2.75, 3.05) is 14.2 Å². The molecular weight excluding hydrogens is 256 g/mol. The van der Waals surface area contributed by atoms with Gasteiger partial charge in [0.25, 0.3) is 0 Å². The number of carbonyl (C=O) groups is 2. The van der Waals surface area contributed by atoms with Crippen LogP contribution in [0.2, 0.25) is 0 Å². The van der Waals surface area contributed by atoms with Gasteiger partial charge < -0.3 is 9.47 Å². The summed E-state index contributed by atoms with van der Waals surface area (Å²) >= 11 is 0. The van der Waals surface area contributed by atoms with Crippen molar-refractivity contribution in [3.8, 4) is 0 Å². The fourth-order valence-corrected chi connectivity index (χ4v) is 3.04. The maximum atomic E-state index is 12.1. The molecule has 0 spiro atoms. The van der Waals surface area contributed by atoms with Crippen LogP contribution < -0.4 is 0 Å². The van der Waals surface area contributed by atoms with E-state index in [-0.39, 0.29) is 11.8 Å². The molecule has 0 N–H and O–H groups in total. The summed E-state index contributed by atoms with van der Waals surface area (Å²) in [6.45, 7) is 0. The van der Waals surface area contributed by atoms with Crippen LogP contribution in [0.3, 0.4) is 0 Å². The summed E-state index contributed by atoms with van der Waals surface area (Å²) in [5.41, 5.74) is 2.89. The van der Waals surface area contributed by atoms with Gasteiger partial charge in [0.15, 0.2) is 0 Å². The first-order valence-electron chi connectivity index (χ1n) is 6.37. The normalized spacial score (nSPS) is 22.5. The number of methoxy groups -OCH3 is 2. The monoisotopic (exact) mass is 270 g/mol. The van der Waals surface area contributed by atoms with Crippen LogP contribution in [0.1, 0.15) is 23.0 Å². The first-order chi connectivity index (χ1) is 9.69. The van der Waals surface area contributed by atoms with E-state index in [1.807, 2.05) is 36.4 Å². The van der Waals surface area contributed by atoms with Crippen LogP contribution >= 0.6 is 0 Å². The van der Waals surface area contributed by atoms with Gasteiger partial charge in [0.05, 0.1) is 25.4 Å². The largest absolute Gasteiger partial charge is 0.466 e. The van der Waals surface area contributed by atoms with E-state index in [0.717, 1.165) is 11.1 Å². The summed E-state index contributed by atoms with van der Waals surface area (Å²) in [4.78, 5) is 24.2. The maximum Gasteiger partial charge on any atom is 0.335 e. The van der Waals surface area contributed by atoms with Crippen molar-refractivity contribution < 1.29 is 19.1 Å². The third kappa shape index (κ3) is 1.61. The van der Waals surface area contributed by atoms with E-state index in [0.29, 0.717) is 11.1 Å². The van der Waals surface area contributed by atoms with E-state index >= 15 is 0 Å². The predicted molar refractivity (Wildman–Crippen MR) is 72.1 cm³/mol. The molecule has 3 aliphatic rings. The molecule has 102 valence electrons. The highest BCUT2D eigenvalue weighted by atomic mass is 16.5. The number of esters is 2. The Hall–Kier alpha value is -2.36. The minimum absolute atomic E-state index is 0.238. The van der Waals surface area contributed by atoms with Gasteiger partial charge in [0.1, 0.15) is 0 Å².